The Kier molecular flexibility index (Phi) is 6.34. The monoisotopic (exact) mass is 346 g/mol. The van der Waals surface area contributed by atoms with E-state index in [-0.39, 0.29) is 12.1 Å². The number of hydrogen-bond acceptors (Lipinski definition) is 3. The lowest BCUT2D eigenvalue weighted by Crippen LogP contribution is -2.21. The van der Waals surface area contributed by atoms with Gasteiger partial charge in [-0.25, -0.2) is 0 Å². The summed E-state index contributed by atoms with van der Waals surface area (Å²) in [4.78, 5) is 0. The Hall–Kier alpha value is -2.62. The first-order valence-corrected chi connectivity index (χ1v) is 7.63. The molecule has 0 radical (unpaired) electrons. The molecule has 0 aromatic heterocycles. The van der Waals surface area contributed by atoms with Gasteiger partial charge in [-0.05, 0) is 35.4 Å². The number of aliphatic hydroxyl groups excluding tert-OH is 1. The molecule has 1 unspecified atom stereocenters. The first kappa shape index (κ1) is 18.7. The number of nitrogens with zero attached hydrogens (tertiary/aromatic N) is 1. The van der Waals surface area contributed by atoms with Crippen molar-refractivity contribution in [1.29, 1.82) is 5.26 Å². The Bertz CT molecular complexity index is 761. The van der Waals surface area contributed by atoms with Gasteiger partial charge in [-0.2, -0.15) is 18.4 Å². The zero-order valence-corrected chi connectivity index (χ0v) is 13.3. The highest BCUT2D eigenvalue weighted by atomic mass is 19.4. The van der Waals surface area contributed by atoms with Gasteiger partial charge in [0.1, 0.15) is 0 Å². The van der Waals surface area contributed by atoms with Crippen LogP contribution in [-0.4, -0.2) is 18.2 Å². The highest BCUT2D eigenvalue weighted by Gasteiger charge is 2.30. The van der Waals surface area contributed by atoms with Crippen molar-refractivity contribution in [1.82, 2.24) is 5.32 Å². The van der Waals surface area contributed by atoms with E-state index in [0.717, 1.165) is 17.7 Å². The van der Waals surface area contributed by atoms with Crippen LogP contribution in [0.4, 0.5) is 13.2 Å². The maximum atomic E-state index is 12.7. The molecule has 0 aliphatic carbocycles. The minimum absolute atomic E-state index is 0.138. The molecule has 130 valence electrons. The molecule has 0 saturated carbocycles. The Labute approximate surface area is 144 Å². The third-order valence-corrected chi connectivity index (χ3v) is 3.55. The SMILES string of the molecule is N#Cc1ccc(/C=C/CNCC(O)c2cccc(C(F)(F)F)c2)cc1. The number of halogens is 3. The first-order chi connectivity index (χ1) is 11.9. The van der Waals surface area contributed by atoms with Crippen LogP contribution in [0, 0.1) is 11.3 Å². The van der Waals surface area contributed by atoms with Crippen LogP contribution >= 0.6 is 0 Å². The second-order valence-electron chi connectivity index (χ2n) is 5.43. The van der Waals surface area contributed by atoms with Gasteiger partial charge in [0, 0.05) is 13.1 Å². The van der Waals surface area contributed by atoms with Crippen molar-refractivity contribution in [3.05, 3.63) is 76.9 Å². The van der Waals surface area contributed by atoms with Gasteiger partial charge in [0.05, 0.1) is 23.3 Å². The molecule has 0 aliphatic heterocycles. The van der Waals surface area contributed by atoms with E-state index in [9.17, 15) is 18.3 Å². The van der Waals surface area contributed by atoms with Crippen LogP contribution in [0.5, 0.6) is 0 Å². The van der Waals surface area contributed by atoms with E-state index in [4.69, 9.17) is 5.26 Å². The van der Waals surface area contributed by atoms with Gasteiger partial charge in [-0.1, -0.05) is 36.4 Å². The molecule has 0 amide bonds. The Morgan fingerprint density at radius 2 is 1.88 bits per heavy atom. The van der Waals surface area contributed by atoms with Crippen molar-refractivity contribution in [2.24, 2.45) is 0 Å². The lowest BCUT2D eigenvalue weighted by molar-refractivity contribution is -0.137. The molecule has 0 heterocycles. The molecule has 6 heteroatoms. The minimum atomic E-state index is -4.42. The van der Waals surface area contributed by atoms with Crippen molar-refractivity contribution in [2.75, 3.05) is 13.1 Å². The van der Waals surface area contributed by atoms with E-state index in [0.29, 0.717) is 12.1 Å². The van der Waals surface area contributed by atoms with Crippen molar-refractivity contribution >= 4 is 6.08 Å². The van der Waals surface area contributed by atoms with Gasteiger partial charge in [-0.15, -0.1) is 0 Å². The van der Waals surface area contributed by atoms with Crippen LogP contribution < -0.4 is 5.32 Å². The molecule has 0 fully saturated rings. The van der Waals surface area contributed by atoms with Gasteiger partial charge in [0.15, 0.2) is 0 Å². The van der Waals surface area contributed by atoms with Gasteiger partial charge >= 0.3 is 6.18 Å². The summed E-state index contributed by atoms with van der Waals surface area (Å²) in [6.07, 6.45) is -1.76. The van der Waals surface area contributed by atoms with Crippen molar-refractivity contribution in [3.63, 3.8) is 0 Å². The molecule has 3 nitrogen and oxygen atoms in total. The number of alkyl halides is 3. The van der Waals surface area contributed by atoms with Gasteiger partial charge < -0.3 is 10.4 Å². The molecule has 0 bridgehead atoms. The fraction of sp³-hybridized carbons (Fsp3) is 0.211. The Morgan fingerprint density at radius 3 is 2.52 bits per heavy atom. The summed E-state index contributed by atoms with van der Waals surface area (Å²) >= 11 is 0. The summed E-state index contributed by atoms with van der Waals surface area (Å²) < 4.78 is 38.0. The smallest absolute Gasteiger partial charge is 0.387 e. The van der Waals surface area contributed by atoms with Crippen LogP contribution in [0.1, 0.15) is 28.4 Å². The minimum Gasteiger partial charge on any atom is -0.387 e. The quantitative estimate of drug-likeness (QED) is 0.780. The fourth-order valence-electron chi connectivity index (χ4n) is 2.21. The Morgan fingerprint density at radius 1 is 1.16 bits per heavy atom. The molecular formula is C19H17F3N2O. The van der Waals surface area contributed by atoms with Gasteiger partial charge in [-0.3, -0.25) is 0 Å². The number of nitriles is 1. The van der Waals surface area contributed by atoms with Crippen LogP contribution in [-0.2, 0) is 6.18 Å². The fourth-order valence-corrected chi connectivity index (χ4v) is 2.21. The maximum Gasteiger partial charge on any atom is 0.416 e. The summed E-state index contributed by atoms with van der Waals surface area (Å²) in [5.74, 6) is 0. The zero-order chi connectivity index (χ0) is 18.3. The third kappa shape index (κ3) is 5.75. The molecule has 0 aliphatic rings. The molecule has 0 saturated heterocycles. The van der Waals surface area contributed by atoms with E-state index in [1.165, 1.54) is 12.1 Å². The largest absolute Gasteiger partial charge is 0.416 e. The van der Waals surface area contributed by atoms with Gasteiger partial charge in [0.2, 0.25) is 0 Å². The second kappa shape index (κ2) is 8.47. The zero-order valence-electron chi connectivity index (χ0n) is 13.3. The highest BCUT2D eigenvalue weighted by Crippen LogP contribution is 2.30. The molecule has 2 aromatic rings. The van der Waals surface area contributed by atoms with E-state index < -0.39 is 17.8 Å². The number of hydrogen-bond donors (Lipinski definition) is 2. The lowest BCUT2D eigenvalue weighted by Gasteiger charge is -2.14. The number of benzene rings is 2. The van der Waals surface area contributed by atoms with E-state index >= 15 is 0 Å². The summed E-state index contributed by atoms with van der Waals surface area (Å²) in [6.45, 7) is 0.592. The van der Waals surface area contributed by atoms with E-state index in [2.05, 4.69) is 5.32 Å². The predicted octanol–water partition coefficient (Wildman–Crippen LogP) is 3.91. The maximum absolute atomic E-state index is 12.7. The molecule has 25 heavy (non-hydrogen) atoms. The predicted molar refractivity (Wildman–Crippen MR) is 89.5 cm³/mol. The topological polar surface area (TPSA) is 56.0 Å². The molecular weight excluding hydrogens is 329 g/mol. The standard InChI is InChI=1S/C19H17F3N2O/c20-19(21,22)17-5-1-4-16(11-17)18(25)13-24-10-2-3-14-6-8-15(12-23)9-7-14/h1-9,11,18,24-25H,10,13H2/b3-2+. The van der Waals surface area contributed by atoms with Crippen molar-refractivity contribution in [2.45, 2.75) is 12.3 Å². The molecule has 2 aromatic carbocycles. The lowest BCUT2D eigenvalue weighted by atomic mass is 10.1. The first-order valence-electron chi connectivity index (χ1n) is 7.63. The number of nitrogens with one attached hydrogen (secondary N) is 1. The average molecular weight is 346 g/mol. The summed E-state index contributed by atoms with van der Waals surface area (Å²) in [6, 6.07) is 13.8. The van der Waals surface area contributed by atoms with Crippen LogP contribution in [0.3, 0.4) is 0 Å². The summed E-state index contributed by atoms with van der Waals surface area (Å²) in [5, 5.41) is 21.7. The van der Waals surface area contributed by atoms with Crippen molar-refractivity contribution < 1.29 is 18.3 Å². The summed E-state index contributed by atoms with van der Waals surface area (Å²) in [7, 11) is 0. The normalized spacial score (nSPS) is 12.9. The second-order valence-corrected chi connectivity index (χ2v) is 5.43. The van der Waals surface area contributed by atoms with Crippen LogP contribution in [0.15, 0.2) is 54.6 Å². The summed E-state index contributed by atoms with van der Waals surface area (Å²) in [5.41, 5.74) is 0.960. The Balaban J connectivity index is 1.83. The molecule has 2 rings (SSSR count). The molecule has 0 spiro atoms. The average Bonchev–Trinajstić information content (AvgIpc) is 2.61. The van der Waals surface area contributed by atoms with Crippen LogP contribution in [0.2, 0.25) is 0 Å². The number of aliphatic hydroxyl groups is 1. The van der Waals surface area contributed by atoms with Gasteiger partial charge in [0.25, 0.3) is 0 Å². The highest BCUT2D eigenvalue weighted by molar-refractivity contribution is 5.51. The van der Waals surface area contributed by atoms with E-state index in [1.54, 1.807) is 12.1 Å². The third-order valence-electron chi connectivity index (χ3n) is 3.55. The van der Waals surface area contributed by atoms with Crippen molar-refractivity contribution in [3.8, 4) is 6.07 Å². The molecule has 2 N–H and O–H groups in total. The number of rotatable bonds is 6. The molecule has 1 atom stereocenters. The van der Waals surface area contributed by atoms with E-state index in [1.807, 2.05) is 30.4 Å². The van der Waals surface area contributed by atoms with Crippen LogP contribution in [0.25, 0.3) is 6.08 Å².